The van der Waals surface area contributed by atoms with Gasteiger partial charge in [-0.2, -0.15) is 10.2 Å². The van der Waals surface area contributed by atoms with Crippen molar-refractivity contribution in [2.45, 2.75) is 72.5 Å². The van der Waals surface area contributed by atoms with Crippen molar-refractivity contribution in [2.75, 3.05) is 0 Å². The zero-order valence-corrected chi connectivity index (χ0v) is 30.3. The van der Waals surface area contributed by atoms with Gasteiger partial charge in [-0.05, 0) is 44.4 Å². The van der Waals surface area contributed by atoms with E-state index < -0.39 is 42.2 Å². The molecule has 4 heterocycles. The summed E-state index contributed by atoms with van der Waals surface area (Å²) in [6.45, 7) is 7.55. The summed E-state index contributed by atoms with van der Waals surface area (Å²) in [6.07, 6.45) is -5.80. The molecule has 0 bridgehead atoms. The number of aromatic amines is 2. The second-order valence-electron chi connectivity index (χ2n) is 13.0. The molecule has 0 spiro atoms. The van der Waals surface area contributed by atoms with Crippen LogP contribution in [0.5, 0.6) is 0 Å². The SMILES string of the molecule is Cc1ccc(C(C)n2nc(CO)c3c(=O)[nH]c(C(F)F)nc32)cc1.Cc1ccc(C(C)n2nc(COCc3ccccc3)c3c(=O)[nH]c(C(F)F)nc32)cc1. The molecule has 0 amide bonds. The molecule has 3 N–H and O–H groups in total. The predicted molar refractivity (Wildman–Crippen MR) is 197 cm³/mol. The van der Waals surface area contributed by atoms with E-state index in [1.807, 2.05) is 112 Å². The number of aryl methyl sites for hydroxylation is 2. The zero-order valence-electron chi connectivity index (χ0n) is 30.3. The largest absolute Gasteiger partial charge is 0.390 e. The Morgan fingerprint density at radius 3 is 1.53 bits per heavy atom. The lowest BCUT2D eigenvalue weighted by Gasteiger charge is -2.14. The number of alkyl halides is 4. The number of fused-ring (bicyclic) bond motifs is 2. The molecule has 0 aliphatic carbocycles. The van der Waals surface area contributed by atoms with Gasteiger partial charge in [0.15, 0.2) is 22.9 Å². The number of nitrogens with zero attached hydrogens (tertiary/aromatic N) is 6. The highest BCUT2D eigenvalue weighted by Gasteiger charge is 2.24. The maximum atomic E-state index is 13.3. The number of rotatable bonds is 11. The van der Waals surface area contributed by atoms with E-state index in [9.17, 15) is 32.3 Å². The highest BCUT2D eigenvalue weighted by molar-refractivity contribution is 5.78. The van der Waals surface area contributed by atoms with Crippen LogP contribution in [0, 0.1) is 13.8 Å². The third-order valence-corrected chi connectivity index (χ3v) is 9.07. The lowest BCUT2D eigenvalue weighted by molar-refractivity contribution is 0.105. The number of halogens is 4. The number of nitrogens with one attached hydrogen (secondary N) is 2. The van der Waals surface area contributed by atoms with Crippen molar-refractivity contribution in [3.8, 4) is 0 Å². The van der Waals surface area contributed by atoms with E-state index in [1.165, 1.54) is 9.36 Å². The molecule has 0 saturated carbocycles. The number of H-pyrrole nitrogens is 2. The molecule has 12 nitrogen and oxygen atoms in total. The van der Waals surface area contributed by atoms with E-state index in [2.05, 4.69) is 25.1 Å². The van der Waals surface area contributed by atoms with Crippen molar-refractivity contribution < 1.29 is 27.4 Å². The summed E-state index contributed by atoms with van der Waals surface area (Å²) in [7, 11) is 0. The minimum absolute atomic E-state index is 0.0286. The van der Waals surface area contributed by atoms with Crippen LogP contribution in [-0.2, 0) is 24.6 Å². The van der Waals surface area contributed by atoms with Gasteiger partial charge in [0.1, 0.15) is 22.2 Å². The number of benzene rings is 3. The third-order valence-electron chi connectivity index (χ3n) is 9.07. The molecule has 286 valence electrons. The predicted octanol–water partition coefficient (Wildman–Crippen LogP) is 7.16. The van der Waals surface area contributed by atoms with Gasteiger partial charge in [0.25, 0.3) is 24.0 Å². The monoisotopic (exact) mass is 758 g/mol. The smallest absolute Gasteiger partial charge is 0.295 e. The van der Waals surface area contributed by atoms with Gasteiger partial charge in [-0.1, -0.05) is 90.0 Å². The number of ether oxygens (including phenoxy) is 1. The van der Waals surface area contributed by atoms with Crippen LogP contribution in [0.15, 0.2) is 88.5 Å². The van der Waals surface area contributed by atoms with Gasteiger partial charge in [-0.25, -0.2) is 36.9 Å². The fourth-order valence-electron chi connectivity index (χ4n) is 6.03. The number of aliphatic hydroxyl groups is 1. The third kappa shape index (κ3) is 8.39. The Labute approximate surface area is 311 Å². The van der Waals surface area contributed by atoms with Crippen LogP contribution >= 0.6 is 0 Å². The molecule has 7 aromatic rings. The highest BCUT2D eigenvalue weighted by atomic mass is 19.3. The summed E-state index contributed by atoms with van der Waals surface area (Å²) < 4.78 is 61.1. The Bertz CT molecular complexity index is 2520. The maximum absolute atomic E-state index is 13.3. The molecule has 7 rings (SSSR count). The van der Waals surface area contributed by atoms with Crippen molar-refractivity contribution in [1.29, 1.82) is 0 Å². The number of aromatic nitrogens is 8. The second-order valence-corrected chi connectivity index (χ2v) is 13.0. The Kier molecular flexibility index (Phi) is 11.7. The highest BCUT2D eigenvalue weighted by Crippen LogP contribution is 2.27. The standard InChI is InChI=1S/C23H22F2N4O2.C16H16F2N4O2/c1-14-8-10-17(11-9-14)15(2)29-22-19(23(30)27-21(26-22)20(24)25)18(28-29)13-31-12-16-6-4-3-5-7-16;1-8-3-5-10(6-4-8)9(2)22-15-12(11(7-23)21-22)16(24)20-14(19-15)13(17)18/h3-11,15,20H,12-13H2,1-2H3,(H,26,27,30);3-6,9,13,23H,7H2,1-2H3,(H,19,20,24). The Morgan fingerprint density at radius 2 is 1.09 bits per heavy atom. The van der Waals surface area contributed by atoms with E-state index >= 15 is 0 Å². The van der Waals surface area contributed by atoms with Crippen molar-refractivity contribution in [2.24, 2.45) is 0 Å². The Balaban J connectivity index is 0.000000193. The Hall–Kier alpha value is -6.00. The summed E-state index contributed by atoms with van der Waals surface area (Å²) in [4.78, 5) is 36.8. The average molecular weight is 759 g/mol. The van der Waals surface area contributed by atoms with Crippen LogP contribution in [0.1, 0.15) is 89.6 Å². The van der Waals surface area contributed by atoms with Crippen LogP contribution in [-0.4, -0.2) is 44.6 Å². The van der Waals surface area contributed by atoms with Crippen LogP contribution in [0.2, 0.25) is 0 Å². The van der Waals surface area contributed by atoms with E-state index in [0.29, 0.717) is 12.3 Å². The summed E-state index contributed by atoms with van der Waals surface area (Å²) >= 11 is 0. The maximum Gasteiger partial charge on any atom is 0.295 e. The van der Waals surface area contributed by atoms with Crippen LogP contribution in [0.25, 0.3) is 22.1 Å². The molecule has 0 saturated heterocycles. The first-order chi connectivity index (χ1) is 26.4. The fraction of sp³-hybridized carbons (Fsp3) is 0.282. The molecule has 2 unspecified atom stereocenters. The van der Waals surface area contributed by atoms with Gasteiger partial charge in [-0.15, -0.1) is 0 Å². The van der Waals surface area contributed by atoms with Gasteiger partial charge in [-0.3, -0.25) is 9.59 Å². The zero-order chi connectivity index (χ0) is 39.4. The average Bonchev–Trinajstić information content (AvgIpc) is 3.75. The molecular weight excluding hydrogens is 720 g/mol. The molecule has 0 radical (unpaired) electrons. The number of hydrogen-bond acceptors (Lipinski definition) is 8. The first kappa shape index (κ1) is 38.7. The second kappa shape index (κ2) is 16.6. The van der Waals surface area contributed by atoms with Crippen LogP contribution < -0.4 is 11.1 Å². The molecule has 0 aliphatic heterocycles. The molecule has 2 atom stereocenters. The van der Waals surface area contributed by atoms with Gasteiger partial charge in [0.05, 0.1) is 31.9 Å². The van der Waals surface area contributed by atoms with Gasteiger partial charge < -0.3 is 19.8 Å². The van der Waals surface area contributed by atoms with Crippen molar-refractivity contribution in [1.82, 2.24) is 39.5 Å². The number of hydrogen-bond donors (Lipinski definition) is 3. The first-order valence-electron chi connectivity index (χ1n) is 17.3. The quantitative estimate of drug-likeness (QED) is 0.117. The molecular formula is C39H38F4N8O4. The Morgan fingerprint density at radius 1 is 0.655 bits per heavy atom. The molecule has 4 aromatic heterocycles. The molecule has 0 fully saturated rings. The minimum Gasteiger partial charge on any atom is -0.390 e. The van der Waals surface area contributed by atoms with Crippen molar-refractivity contribution >= 4 is 22.1 Å². The van der Waals surface area contributed by atoms with Crippen molar-refractivity contribution in [3.05, 3.63) is 150 Å². The summed E-state index contributed by atoms with van der Waals surface area (Å²) in [5.74, 6) is -1.39. The van der Waals surface area contributed by atoms with Gasteiger partial charge in [0.2, 0.25) is 0 Å². The molecule has 3 aromatic carbocycles. The minimum atomic E-state index is -2.90. The van der Waals surface area contributed by atoms with E-state index in [0.717, 1.165) is 27.8 Å². The molecule has 0 aliphatic rings. The summed E-state index contributed by atoms with van der Waals surface area (Å²) in [5.41, 5.74) is 4.21. The van der Waals surface area contributed by atoms with Gasteiger partial charge in [0, 0.05) is 0 Å². The lowest BCUT2D eigenvalue weighted by atomic mass is 10.1. The topological polar surface area (TPSA) is 157 Å². The van der Waals surface area contributed by atoms with E-state index in [-0.39, 0.29) is 46.5 Å². The summed E-state index contributed by atoms with van der Waals surface area (Å²) in [6, 6.07) is 24.4. The van der Waals surface area contributed by atoms with E-state index in [4.69, 9.17) is 4.74 Å². The fourth-order valence-corrected chi connectivity index (χ4v) is 6.03. The summed E-state index contributed by atoms with van der Waals surface area (Å²) in [5, 5.41) is 18.4. The normalized spacial score (nSPS) is 12.7. The first-order valence-corrected chi connectivity index (χ1v) is 17.3. The van der Waals surface area contributed by atoms with Crippen LogP contribution in [0.3, 0.4) is 0 Å². The molecule has 16 heteroatoms. The number of aliphatic hydroxyl groups excluding tert-OH is 1. The molecule has 55 heavy (non-hydrogen) atoms. The van der Waals surface area contributed by atoms with Crippen LogP contribution in [0.4, 0.5) is 17.6 Å². The van der Waals surface area contributed by atoms with Crippen molar-refractivity contribution in [3.63, 3.8) is 0 Å². The van der Waals surface area contributed by atoms with Gasteiger partial charge >= 0.3 is 0 Å². The lowest BCUT2D eigenvalue weighted by Crippen LogP contribution is -2.15. The van der Waals surface area contributed by atoms with E-state index in [1.54, 1.807) is 0 Å².